The van der Waals surface area contributed by atoms with Crippen molar-refractivity contribution >= 4 is 50.7 Å². The molecule has 0 aliphatic carbocycles. The van der Waals surface area contributed by atoms with Crippen LogP contribution in [0.5, 0.6) is 5.75 Å². The molecule has 0 fully saturated rings. The summed E-state index contributed by atoms with van der Waals surface area (Å²) < 4.78 is 5.30. The molecule has 0 spiro atoms. The zero-order valence-corrected chi connectivity index (χ0v) is 16.9. The van der Waals surface area contributed by atoms with Crippen molar-refractivity contribution in [1.82, 2.24) is 9.97 Å². The third-order valence-electron chi connectivity index (χ3n) is 4.49. The van der Waals surface area contributed by atoms with E-state index in [-0.39, 0.29) is 29.6 Å². The highest BCUT2D eigenvalue weighted by atomic mass is 32.2. The van der Waals surface area contributed by atoms with Gasteiger partial charge in [0.1, 0.15) is 16.4 Å². The Bertz CT molecular complexity index is 1170. The highest BCUT2D eigenvalue weighted by Gasteiger charge is 2.18. The Kier molecular flexibility index (Phi) is 4.94. The van der Waals surface area contributed by atoms with E-state index in [0.717, 1.165) is 15.3 Å². The summed E-state index contributed by atoms with van der Waals surface area (Å²) in [5, 5.41) is 3.34. The van der Waals surface area contributed by atoms with E-state index in [1.54, 1.807) is 18.2 Å². The van der Waals surface area contributed by atoms with Crippen LogP contribution in [0.4, 0.5) is 5.69 Å². The predicted octanol–water partition coefficient (Wildman–Crippen LogP) is 3.05. The molecule has 2 aromatic heterocycles. The van der Waals surface area contributed by atoms with Crippen molar-refractivity contribution < 1.29 is 14.3 Å². The summed E-state index contributed by atoms with van der Waals surface area (Å²) in [6.45, 7) is 3.87. The molecule has 1 aromatic carbocycles. The lowest BCUT2D eigenvalue weighted by Gasteiger charge is -2.18. The van der Waals surface area contributed by atoms with E-state index in [4.69, 9.17) is 4.74 Å². The van der Waals surface area contributed by atoms with Gasteiger partial charge in [0, 0.05) is 10.4 Å². The molecule has 1 aliphatic heterocycles. The van der Waals surface area contributed by atoms with E-state index < -0.39 is 0 Å². The molecule has 0 saturated heterocycles. The number of nitrogens with one attached hydrogen (secondary N) is 2. The minimum Gasteiger partial charge on any atom is -0.482 e. The molecule has 144 valence electrons. The number of carbonyl (C=O) groups is 2. The van der Waals surface area contributed by atoms with Crippen LogP contribution in [-0.4, -0.2) is 34.0 Å². The smallest absolute Gasteiger partial charge is 0.262 e. The number of amides is 1. The molecule has 3 heterocycles. The molecular weight excluding hydrogens is 398 g/mol. The standard InChI is InChI=1S/C19H17N3O4S2/c1-9-10(2)28-19-17(9)18(25)21-15(22-19)8-27-7-13(23)11-3-4-14-12(5-11)20-16(24)6-26-14/h3-5H,6-8H2,1-2H3,(H,20,24)(H,21,22,25). The Labute approximate surface area is 168 Å². The van der Waals surface area contributed by atoms with E-state index in [1.165, 1.54) is 23.1 Å². The number of Topliss-reactive ketones (excluding diaryl/α,β-unsaturated/α-hetero) is 1. The van der Waals surface area contributed by atoms with E-state index in [2.05, 4.69) is 15.3 Å². The number of aromatic amines is 1. The maximum Gasteiger partial charge on any atom is 0.262 e. The molecule has 0 saturated carbocycles. The molecule has 0 bridgehead atoms. The van der Waals surface area contributed by atoms with Crippen molar-refractivity contribution in [3.8, 4) is 5.75 Å². The Morgan fingerprint density at radius 1 is 1.32 bits per heavy atom. The van der Waals surface area contributed by atoms with E-state index in [0.29, 0.717) is 34.0 Å². The van der Waals surface area contributed by atoms with Gasteiger partial charge in [-0.15, -0.1) is 23.1 Å². The number of thioether (sulfide) groups is 1. The number of thiophene rings is 1. The summed E-state index contributed by atoms with van der Waals surface area (Å²) in [7, 11) is 0. The van der Waals surface area contributed by atoms with Gasteiger partial charge in [-0.1, -0.05) is 0 Å². The molecule has 9 heteroatoms. The number of anilines is 1. The monoisotopic (exact) mass is 415 g/mol. The number of hydrogen-bond acceptors (Lipinski definition) is 7. The molecule has 0 unspecified atom stereocenters. The largest absolute Gasteiger partial charge is 0.482 e. The average Bonchev–Trinajstić information content (AvgIpc) is 2.95. The molecular formula is C19H17N3O4S2. The number of ether oxygens (including phenoxy) is 1. The summed E-state index contributed by atoms with van der Waals surface area (Å²) in [4.78, 5) is 45.3. The van der Waals surface area contributed by atoms with Gasteiger partial charge in [0.25, 0.3) is 11.5 Å². The first-order valence-corrected chi connectivity index (χ1v) is 10.6. The highest BCUT2D eigenvalue weighted by molar-refractivity contribution is 7.99. The number of hydrogen-bond donors (Lipinski definition) is 2. The van der Waals surface area contributed by atoms with Gasteiger partial charge in [-0.3, -0.25) is 14.4 Å². The fourth-order valence-electron chi connectivity index (χ4n) is 2.95. The van der Waals surface area contributed by atoms with Crippen LogP contribution >= 0.6 is 23.1 Å². The first-order chi connectivity index (χ1) is 13.4. The number of ketones is 1. The molecule has 3 aromatic rings. The van der Waals surface area contributed by atoms with Crippen LogP contribution < -0.4 is 15.6 Å². The summed E-state index contributed by atoms with van der Waals surface area (Å²) >= 11 is 2.88. The van der Waals surface area contributed by atoms with Crippen LogP contribution in [-0.2, 0) is 10.5 Å². The second kappa shape index (κ2) is 7.40. The lowest BCUT2D eigenvalue weighted by molar-refractivity contribution is -0.118. The van der Waals surface area contributed by atoms with Crippen molar-refractivity contribution in [1.29, 1.82) is 0 Å². The summed E-state index contributed by atoms with van der Waals surface area (Å²) in [5.41, 5.74) is 1.83. The van der Waals surface area contributed by atoms with Gasteiger partial charge in [-0.25, -0.2) is 4.98 Å². The van der Waals surface area contributed by atoms with E-state index in [9.17, 15) is 14.4 Å². The van der Waals surface area contributed by atoms with Gasteiger partial charge >= 0.3 is 0 Å². The van der Waals surface area contributed by atoms with Crippen LogP contribution in [0.25, 0.3) is 10.2 Å². The summed E-state index contributed by atoms with van der Waals surface area (Å²) in [6.07, 6.45) is 0. The number of fused-ring (bicyclic) bond motifs is 2. The zero-order valence-electron chi connectivity index (χ0n) is 15.3. The molecule has 28 heavy (non-hydrogen) atoms. The molecule has 2 N–H and O–H groups in total. The molecule has 1 amide bonds. The fourth-order valence-corrected chi connectivity index (χ4v) is 4.78. The minimum absolute atomic E-state index is 0.0189. The SMILES string of the molecule is Cc1sc2nc(CSCC(=O)c3ccc4c(c3)NC(=O)CO4)[nH]c(=O)c2c1C. The van der Waals surface area contributed by atoms with Gasteiger partial charge in [-0.2, -0.15) is 0 Å². The van der Waals surface area contributed by atoms with Crippen molar-refractivity contribution in [2.75, 3.05) is 17.7 Å². The highest BCUT2D eigenvalue weighted by Crippen LogP contribution is 2.29. The number of rotatable bonds is 5. The number of aromatic nitrogens is 2. The molecule has 0 radical (unpaired) electrons. The first kappa shape index (κ1) is 18.7. The number of benzene rings is 1. The fraction of sp³-hybridized carbons (Fsp3) is 0.263. The topological polar surface area (TPSA) is 101 Å². The lowest BCUT2D eigenvalue weighted by atomic mass is 10.1. The third kappa shape index (κ3) is 3.55. The average molecular weight is 415 g/mol. The van der Waals surface area contributed by atoms with Crippen LogP contribution in [0.15, 0.2) is 23.0 Å². The van der Waals surface area contributed by atoms with Crippen molar-refractivity contribution in [2.24, 2.45) is 0 Å². The van der Waals surface area contributed by atoms with E-state index in [1.807, 2.05) is 13.8 Å². The molecule has 1 aliphatic rings. The van der Waals surface area contributed by atoms with Crippen molar-refractivity contribution in [2.45, 2.75) is 19.6 Å². The Hall–Kier alpha value is -2.65. The second-order valence-corrected chi connectivity index (χ2v) is 8.63. The number of H-pyrrole nitrogens is 1. The van der Waals surface area contributed by atoms with Crippen LogP contribution in [0, 0.1) is 13.8 Å². The van der Waals surface area contributed by atoms with Gasteiger partial charge in [-0.05, 0) is 37.6 Å². The van der Waals surface area contributed by atoms with Gasteiger partial charge in [0.15, 0.2) is 12.4 Å². The number of nitrogens with zero attached hydrogens (tertiary/aromatic N) is 1. The lowest BCUT2D eigenvalue weighted by Crippen LogP contribution is -2.25. The van der Waals surface area contributed by atoms with E-state index >= 15 is 0 Å². The maximum atomic E-state index is 12.5. The minimum atomic E-state index is -0.240. The Morgan fingerprint density at radius 3 is 2.96 bits per heavy atom. The summed E-state index contributed by atoms with van der Waals surface area (Å²) in [6, 6.07) is 4.99. The third-order valence-corrected chi connectivity index (χ3v) is 6.54. The predicted molar refractivity (Wildman–Crippen MR) is 111 cm³/mol. The quantitative estimate of drug-likeness (QED) is 0.621. The Balaban J connectivity index is 1.43. The molecule has 7 nitrogen and oxygen atoms in total. The Morgan fingerprint density at radius 2 is 2.14 bits per heavy atom. The van der Waals surface area contributed by atoms with Gasteiger partial charge in [0.05, 0.1) is 22.6 Å². The van der Waals surface area contributed by atoms with Crippen molar-refractivity contribution in [3.05, 3.63) is 50.4 Å². The second-order valence-electron chi connectivity index (χ2n) is 6.44. The maximum absolute atomic E-state index is 12.5. The first-order valence-electron chi connectivity index (χ1n) is 8.59. The zero-order chi connectivity index (χ0) is 19.8. The van der Waals surface area contributed by atoms with Crippen LogP contribution in [0.3, 0.4) is 0 Å². The van der Waals surface area contributed by atoms with Crippen molar-refractivity contribution in [3.63, 3.8) is 0 Å². The van der Waals surface area contributed by atoms with Crippen LogP contribution in [0.1, 0.15) is 26.6 Å². The number of aryl methyl sites for hydroxylation is 2. The molecule has 4 rings (SSSR count). The van der Waals surface area contributed by atoms with Gasteiger partial charge in [0.2, 0.25) is 0 Å². The van der Waals surface area contributed by atoms with Gasteiger partial charge < -0.3 is 15.0 Å². The van der Waals surface area contributed by atoms with Crippen LogP contribution in [0.2, 0.25) is 0 Å². The number of carbonyl (C=O) groups excluding carboxylic acids is 2. The molecule has 0 atom stereocenters. The summed E-state index contributed by atoms with van der Waals surface area (Å²) in [5.74, 6) is 1.47. The normalized spacial score (nSPS) is 13.1.